The maximum Gasteiger partial charge on any atom is 0.214 e. The summed E-state index contributed by atoms with van der Waals surface area (Å²) in [6, 6.07) is 0. The molecule has 4 nitrogen and oxygen atoms in total. The molecule has 1 unspecified atom stereocenters. The molecule has 1 N–H and O–H groups in total. The first-order valence-corrected chi connectivity index (χ1v) is 7.29. The lowest BCUT2D eigenvalue weighted by molar-refractivity contribution is 0.259. The van der Waals surface area contributed by atoms with Gasteiger partial charge in [0.25, 0.3) is 0 Å². The van der Waals surface area contributed by atoms with Crippen molar-refractivity contribution in [3.63, 3.8) is 0 Å². The van der Waals surface area contributed by atoms with E-state index in [1.807, 2.05) is 6.92 Å². The van der Waals surface area contributed by atoms with Crippen LogP contribution in [0, 0.1) is 5.92 Å². The van der Waals surface area contributed by atoms with Gasteiger partial charge in [-0.2, -0.15) is 0 Å². The lowest BCUT2D eigenvalue weighted by atomic mass is 10.1. The lowest BCUT2D eigenvalue weighted by Crippen LogP contribution is -2.31. The van der Waals surface area contributed by atoms with Gasteiger partial charge in [0.2, 0.25) is 10.0 Å². The van der Waals surface area contributed by atoms with Gasteiger partial charge in [0.1, 0.15) is 0 Å². The Morgan fingerprint density at radius 3 is 2.80 bits per heavy atom. The quantitative estimate of drug-likeness (QED) is 0.741. The minimum atomic E-state index is -3.02. The fourth-order valence-corrected chi connectivity index (χ4v) is 3.66. The van der Waals surface area contributed by atoms with Crippen LogP contribution >= 0.6 is 0 Å². The number of unbranched alkanes of at least 4 members (excludes halogenated alkanes) is 1. The van der Waals surface area contributed by atoms with Crippen LogP contribution in [0.25, 0.3) is 0 Å². The predicted molar refractivity (Wildman–Crippen MR) is 60.1 cm³/mol. The van der Waals surface area contributed by atoms with Gasteiger partial charge in [-0.3, -0.25) is 0 Å². The van der Waals surface area contributed by atoms with Crippen LogP contribution in [-0.4, -0.2) is 43.3 Å². The first kappa shape index (κ1) is 12.9. The van der Waals surface area contributed by atoms with Gasteiger partial charge in [0.15, 0.2) is 0 Å². The van der Waals surface area contributed by atoms with Gasteiger partial charge in [0, 0.05) is 19.7 Å². The normalized spacial score (nSPS) is 23.5. The Balaban J connectivity index is 2.45. The monoisotopic (exact) mass is 235 g/mol. The van der Waals surface area contributed by atoms with E-state index in [1.165, 1.54) is 0 Å². The molecule has 0 aromatic heterocycles. The number of nitrogens with zero attached hydrogens (tertiary/aromatic N) is 1. The Morgan fingerprint density at radius 2 is 2.20 bits per heavy atom. The Hall–Kier alpha value is -0.130. The summed E-state index contributed by atoms with van der Waals surface area (Å²) < 4.78 is 25.2. The van der Waals surface area contributed by atoms with Crippen LogP contribution in [0.4, 0.5) is 0 Å². The molecular weight excluding hydrogens is 214 g/mol. The summed E-state index contributed by atoms with van der Waals surface area (Å²) in [6.45, 7) is 3.39. The third-order valence-electron chi connectivity index (χ3n) is 2.94. The molecule has 0 saturated carbocycles. The highest BCUT2D eigenvalue weighted by Crippen LogP contribution is 2.22. The molecule has 0 radical (unpaired) electrons. The number of rotatable bonds is 6. The lowest BCUT2D eigenvalue weighted by Gasteiger charge is -2.16. The van der Waals surface area contributed by atoms with Crippen molar-refractivity contribution in [1.82, 2.24) is 4.31 Å². The second-order valence-electron chi connectivity index (χ2n) is 4.19. The van der Waals surface area contributed by atoms with Crippen molar-refractivity contribution in [3.8, 4) is 0 Å². The van der Waals surface area contributed by atoms with Crippen LogP contribution in [0.3, 0.4) is 0 Å². The zero-order valence-corrected chi connectivity index (χ0v) is 10.2. The van der Waals surface area contributed by atoms with Crippen LogP contribution in [0.15, 0.2) is 0 Å². The summed E-state index contributed by atoms with van der Waals surface area (Å²) in [5, 5.41) is 8.79. The highest BCUT2D eigenvalue weighted by atomic mass is 32.2. The summed E-state index contributed by atoms with van der Waals surface area (Å²) in [5.41, 5.74) is 0. The molecule has 1 fully saturated rings. The molecule has 1 aliphatic heterocycles. The van der Waals surface area contributed by atoms with E-state index in [-0.39, 0.29) is 12.4 Å². The average molecular weight is 235 g/mol. The number of aliphatic hydroxyl groups excluding tert-OH is 1. The van der Waals surface area contributed by atoms with Crippen molar-refractivity contribution in [1.29, 1.82) is 0 Å². The van der Waals surface area contributed by atoms with Crippen LogP contribution in [-0.2, 0) is 10.0 Å². The minimum Gasteiger partial charge on any atom is -0.396 e. The molecule has 5 heteroatoms. The fraction of sp³-hybridized carbons (Fsp3) is 1.00. The SMILES string of the molecule is CCCCS(=O)(=O)N1CCC(CCO)C1. The Bertz CT molecular complexity index is 276. The van der Waals surface area contributed by atoms with Gasteiger partial charge in [-0.1, -0.05) is 13.3 Å². The second-order valence-corrected chi connectivity index (χ2v) is 6.28. The molecule has 1 saturated heterocycles. The third kappa shape index (κ3) is 3.74. The molecule has 0 amide bonds. The first-order chi connectivity index (χ1) is 7.10. The van der Waals surface area contributed by atoms with Crippen molar-refractivity contribution in [3.05, 3.63) is 0 Å². The number of aliphatic hydroxyl groups is 1. The number of hydrogen-bond donors (Lipinski definition) is 1. The van der Waals surface area contributed by atoms with Crippen molar-refractivity contribution >= 4 is 10.0 Å². The largest absolute Gasteiger partial charge is 0.396 e. The van der Waals surface area contributed by atoms with Crippen LogP contribution in [0.2, 0.25) is 0 Å². The minimum absolute atomic E-state index is 0.160. The van der Waals surface area contributed by atoms with E-state index in [9.17, 15) is 8.42 Å². The van der Waals surface area contributed by atoms with Gasteiger partial charge >= 0.3 is 0 Å². The van der Waals surface area contributed by atoms with Crippen molar-refractivity contribution in [2.75, 3.05) is 25.4 Å². The predicted octanol–water partition coefficient (Wildman–Crippen LogP) is 0.821. The van der Waals surface area contributed by atoms with E-state index in [1.54, 1.807) is 4.31 Å². The van der Waals surface area contributed by atoms with Crippen molar-refractivity contribution < 1.29 is 13.5 Å². The summed E-state index contributed by atoms with van der Waals surface area (Å²) in [4.78, 5) is 0. The number of sulfonamides is 1. The number of hydrogen-bond acceptors (Lipinski definition) is 3. The van der Waals surface area contributed by atoms with Gasteiger partial charge in [-0.25, -0.2) is 12.7 Å². The van der Waals surface area contributed by atoms with Crippen LogP contribution in [0.5, 0.6) is 0 Å². The van der Waals surface area contributed by atoms with Crippen LogP contribution < -0.4 is 0 Å². The van der Waals surface area contributed by atoms with E-state index in [2.05, 4.69) is 0 Å². The van der Waals surface area contributed by atoms with Crippen molar-refractivity contribution in [2.45, 2.75) is 32.6 Å². The van der Waals surface area contributed by atoms with E-state index in [4.69, 9.17) is 5.11 Å². The molecule has 1 atom stereocenters. The summed E-state index contributed by atoms with van der Waals surface area (Å²) in [5.74, 6) is 0.626. The molecule has 0 aliphatic carbocycles. The highest BCUT2D eigenvalue weighted by molar-refractivity contribution is 7.89. The zero-order valence-electron chi connectivity index (χ0n) is 9.35. The highest BCUT2D eigenvalue weighted by Gasteiger charge is 2.30. The van der Waals surface area contributed by atoms with Gasteiger partial charge in [-0.05, 0) is 25.2 Å². The molecule has 0 spiro atoms. The van der Waals surface area contributed by atoms with Crippen molar-refractivity contribution in [2.24, 2.45) is 5.92 Å². The maximum atomic E-state index is 11.8. The fourth-order valence-electron chi connectivity index (χ4n) is 1.92. The standard InChI is InChI=1S/C10H21NO3S/c1-2-3-8-15(13,14)11-6-4-10(9-11)5-7-12/h10,12H,2-9H2,1H3. The summed E-state index contributed by atoms with van der Waals surface area (Å²) in [7, 11) is -3.02. The Labute approximate surface area is 92.3 Å². The molecule has 1 rings (SSSR count). The zero-order chi connectivity index (χ0) is 11.3. The van der Waals surface area contributed by atoms with Gasteiger partial charge < -0.3 is 5.11 Å². The average Bonchev–Trinajstić information content (AvgIpc) is 2.65. The molecule has 1 heterocycles. The maximum absolute atomic E-state index is 11.8. The second kappa shape index (κ2) is 5.82. The topological polar surface area (TPSA) is 57.6 Å². The summed E-state index contributed by atoms with van der Waals surface area (Å²) in [6.07, 6.45) is 3.27. The summed E-state index contributed by atoms with van der Waals surface area (Å²) >= 11 is 0. The third-order valence-corrected chi connectivity index (χ3v) is 4.86. The first-order valence-electron chi connectivity index (χ1n) is 5.69. The molecule has 1 aliphatic rings. The van der Waals surface area contributed by atoms with Gasteiger partial charge in [0.05, 0.1) is 5.75 Å². The van der Waals surface area contributed by atoms with E-state index < -0.39 is 10.0 Å². The Morgan fingerprint density at radius 1 is 1.47 bits per heavy atom. The molecule has 90 valence electrons. The molecule has 0 aromatic carbocycles. The van der Waals surface area contributed by atoms with E-state index in [0.29, 0.717) is 19.0 Å². The van der Waals surface area contributed by atoms with E-state index >= 15 is 0 Å². The molecule has 0 aromatic rings. The Kier molecular flexibility index (Phi) is 5.02. The van der Waals surface area contributed by atoms with E-state index in [0.717, 1.165) is 25.7 Å². The molecular formula is C10H21NO3S. The van der Waals surface area contributed by atoms with Crippen LogP contribution in [0.1, 0.15) is 32.6 Å². The smallest absolute Gasteiger partial charge is 0.214 e. The molecule has 15 heavy (non-hydrogen) atoms. The van der Waals surface area contributed by atoms with Gasteiger partial charge in [-0.15, -0.1) is 0 Å². The molecule has 0 bridgehead atoms.